The summed E-state index contributed by atoms with van der Waals surface area (Å²) in [4.78, 5) is 4.62. The van der Waals surface area contributed by atoms with E-state index in [1.165, 1.54) is 88.2 Å². The summed E-state index contributed by atoms with van der Waals surface area (Å²) in [5.41, 5.74) is 3.67. The molecule has 0 amide bonds. The van der Waals surface area contributed by atoms with Crippen molar-refractivity contribution in [1.29, 1.82) is 0 Å². The van der Waals surface area contributed by atoms with Crippen LogP contribution in [0.3, 0.4) is 0 Å². The fourth-order valence-electron chi connectivity index (χ4n) is 4.96. The van der Waals surface area contributed by atoms with Gasteiger partial charge in [0.05, 0.1) is 18.5 Å². The second-order valence-electron chi connectivity index (χ2n) is 9.55. The third-order valence-corrected chi connectivity index (χ3v) is 7.01. The molecule has 2 heteroatoms. The maximum Gasteiger partial charge on any atom is 0.137 e. The van der Waals surface area contributed by atoms with Crippen LogP contribution in [0.1, 0.15) is 96.5 Å². The van der Waals surface area contributed by atoms with Gasteiger partial charge in [0.25, 0.3) is 0 Å². The van der Waals surface area contributed by atoms with Crippen LogP contribution >= 0.6 is 0 Å². The molecule has 0 unspecified atom stereocenters. The van der Waals surface area contributed by atoms with Gasteiger partial charge in [-0.2, -0.15) is 0 Å². The van der Waals surface area contributed by atoms with E-state index >= 15 is 0 Å². The maximum atomic E-state index is 5.84. The molecule has 170 valence electrons. The van der Waals surface area contributed by atoms with Crippen LogP contribution in [0.15, 0.2) is 42.6 Å². The Morgan fingerprint density at radius 2 is 1.48 bits per heavy atom. The molecule has 1 fully saturated rings. The van der Waals surface area contributed by atoms with Crippen molar-refractivity contribution < 1.29 is 4.74 Å². The van der Waals surface area contributed by atoms with E-state index in [9.17, 15) is 0 Å². The molecule has 1 aromatic carbocycles. The zero-order valence-electron chi connectivity index (χ0n) is 20.0. The molecule has 1 aromatic heterocycles. The average molecular weight is 422 g/mol. The van der Waals surface area contributed by atoms with Gasteiger partial charge in [-0.3, -0.25) is 4.98 Å². The Morgan fingerprint density at radius 1 is 0.774 bits per heavy atom. The summed E-state index contributed by atoms with van der Waals surface area (Å²) in [6, 6.07) is 13.2. The number of rotatable bonds is 13. The Bertz CT molecular complexity index is 713. The van der Waals surface area contributed by atoms with Crippen molar-refractivity contribution in [3.05, 3.63) is 48.2 Å². The summed E-state index contributed by atoms with van der Waals surface area (Å²) in [5.74, 6) is 2.83. The molecule has 0 N–H and O–H groups in total. The van der Waals surface area contributed by atoms with Crippen molar-refractivity contribution in [3.8, 4) is 17.0 Å². The summed E-state index contributed by atoms with van der Waals surface area (Å²) < 4.78 is 5.84. The van der Waals surface area contributed by atoms with E-state index in [1.54, 1.807) is 0 Å². The summed E-state index contributed by atoms with van der Waals surface area (Å²) in [6.45, 7) is 5.36. The van der Waals surface area contributed by atoms with Crippen molar-refractivity contribution >= 4 is 0 Å². The van der Waals surface area contributed by atoms with Gasteiger partial charge in [0.15, 0.2) is 0 Å². The third-order valence-electron chi connectivity index (χ3n) is 7.01. The van der Waals surface area contributed by atoms with Gasteiger partial charge in [0.2, 0.25) is 0 Å². The van der Waals surface area contributed by atoms with E-state index in [0.29, 0.717) is 0 Å². The summed E-state index contributed by atoms with van der Waals surface area (Å²) in [5, 5.41) is 0. The first-order chi connectivity index (χ1) is 15.3. The molecule has 1 aliphatic carbocycles. The number of pyridine rings is 1. The Balaban J connectivity index is 1.39. The van der Waals surface area contributed by atoms with Gasteiger partial charge in [-0.25, -0.2) is 0 Å². The first-order valence-corrected chi connectivity index (χ1v) is 13.0. The van der Waals surface area contributed by atoms with Gasteiger partial charge in [-0.15, -0.1) is 0 Å². The van der Waals surface area contributed by atoms with Crippen LogP contribution in [0.5, 0.6) is 5.75 Å². The van der Waals surface area contributed by atoms with E-state index in [4.69, 9.17) is 4.74 Å². The highest BCUT2D eigenvalue weighted by molar-refractivity contribution is 5.59. The maximum absolute atomic E-state index is 5.84. The van der Waals surface area contributed by atoms with Crippen molar-refractivity contribution in [2.24, 2.45) is 11.8 Å². The number of aryl methyl sites for hydroxylation is 1. The molecule has 0 aliphatic heterocycles. The minimum absolute atomic E-state index is 0.791. The molecule has 1 aliphatic rings. The highest BCUT2D eigenvalue weighted by Gasteiger charge is 2.20. The molecular formula is C29H43NO. The smallest absolute Gasteiger partial charge is 0.137 e. The van der Waals surface area contributed by atoms with E-state index in [1.807, 2.05) is 6.20 Å². The van der Waals surface area contributed by atoms with E-state index < -0.39 is 0 Å². The standard InChI is InChI=1S/C29H43NO/c1-3-5-6-7-8-22-31-28-20-21-29(30-23-28)27-18-16-26(17-19-27)15-14-25-12-10-24(9-4-2)11-13-25/h16-21,23-25H,3-15,22H2,1-2H3/t24-,25-. The van der Waals surface area contributed by atoms with Gasteiger partial charge in [-0.1, -0.05) is 102 Å². The molecule has 0 spiro atoms. The zero-order valence-corrected chi connectivity index (χ0v) is 20.0. The predicted molar refractivity (Wildman–Crippen MR) is 133 cm³/mol. The van der Waals surface area contributed by atoms with Gasteiger partial charge in [0.1, 0.15) is 5.75 Å². The Hall–Kier alpha value is -1.83. The van der Waals surface area contributed by atoms with Crippen molar-refractivity contribution in [2.75, 3.05) is 6.61 Å². The molecule has 2 nitrogen and oxygen atoms in total. The lowest BCUT2D eigenvalue weighted by Crippen LogP contribution is -2.15. The van der Waals surface area contributed by atoms with Crippen molar-refractivity contribution in [3.63, 3.8) is 0 Å². The summed E-state index contributed by atoms with van der Waals surface area (Å²) >= 11 is 0. The quantitative estimate of drug-likeness (QED) is 0.302. The van der Waals surface area contributed by atoms with Gasteiger partial charge in [0, 0.05) is 5.56 Å². The lowest BCUT2D eigenvalue weighted by atomic mass is 9.78. The number of unbranched alkanes of at least 4 members (excludes halogenated alkanes) is 4. The van der Waals surface area contributed by atoms with Crippen LogP contribution in [0.25, 0.3) is 11.3 Å². The molecule has 0 radical (unpaired) electrons. The average Bonchev–Trinajstić information content (AvgIpc) is 2.82. The Labute approximate surface area is 190 Å². The molecule has 1 saturated carbocycles. The van der Waals surface area contributed by atoms with E-state index in [2.05, 4.69) is 55.2 Å². The highest BCUT2D eigenvalue weighted by atomic mass is 16.5. The first-order valence-electron chi connectivity index (χ1n) is 13.0. The number of ether oxygens (including phenoxy) is 1. The molecule has 3 rings (SSSR count). The second kappa shape index (κ2) is 13.6. The van der Waals surface area contributed by atoms with Gasteiger partial charge >= 0.3 is 0 Å². The minimum atomic E-state index is 0.791. The zero-order chi connectivity index (χ0) is 21.7. The molecule has 0 atom stereocenters. The van der Waals surface area contributed by atoms with Gasteiger partial charge < -0.3 is 4.74 Å². The normalized spacial score (nSPS) is 18.8. The number of hydrogen-bond acceptors (Lipinski definition) is 2. The van der Waals surface area contributed by atoms with E-state index in [-0.39, 0.29) is 0 Å². The Kier molecular flexibility index (Phi) is 10.4. The van der Waals surface area contributed by atoms with Crippen molar-refractivity contribution in [1.82, 2.24) is 4.98 Å². The lowest BCUT2D eigenvalue weighted by Gasteiger charge is -2.28. The molecule has 31 heavy (non-hydrogen) atoms. The van der Waals surface area contributed by atoms with Crippen LogP contribution in [-0.4, -0.2) is 11.6 Å². The largest absolute Gasteiger partial charge is 0.492 e. The van der Waals surface area contributed by atoms with Crippen LogP contribution < -0.4 is 4.74 Å². The highest BCUT2D eigenvalue weighted by Crippen LogP contribution is 2.34. The molecule has 0 saturated heterocycles. The number of hydrogen-bond donors (Lipinski definition) is 0. The molecule has 1 heterocycles. The molecule has 0 bridgehead atoms. The monoisotopic (exact) mass is 421 g/mol. The number of aromatic nitrogens is 1. The summed E-state index contributed by atoms with van der Waals surface area (Å²) in [6.07, 6.45) is 19.3. The van der Waals surface area contributed by atoms with Crippen LogP contribution in [-0.2, 0) is 6.42 Å². The van der Waals surface area contributed by atoms with Crippen LogP contribution in [0, 0.1) is 11.8 Å². The number of nitrogens with zero attached hydrogens (tertiary/aromatic N) is 1. The predicted octanol–water partition coefficient (Wildman–Crippen LogP) is 8.64. The molecule has 2 aromatic rings. The topological polar surface area (TPSA) is 22.1 Å². The fraction of sp³-hybridized carbons (Fsp3) is 0.621. The SMILES string of the molecule is CCCCCCCOc1ccc(-c2ccc(CC[C@H]3CC[C@H](CCC)CC3)cc2)nc1. The van der Waals surface area contributed by atoms with Crippen LogP contribution in [0.4, 0.5) is 0 Å². The summed E-state index contributed by atoms with van der Waals surface area (Å²) in [7, 11) is 0. The van der Waals surface area contributed by atoms with Gasteiger partial charge in [-0.05, 0) is 48.8 Å². The fourth-order valence-corrected chi connectivity index (χ4v) is 4.96. The molecular weight excluding hydrogens is 378 g/mol. The first kappa shape index (κ1) is 23.8. The van der Waals surface area contributed by atoms with E-state index in [0.717, 1.165) is 36.3 Å². The minimum Gasteiger partial charge on any atom is -0.492 e. The lowest BCUT2D eigenvalue weighted by molar-refractivity contribution is 0.252. The van der Waals surface area contributed by atoms with Crippen molar-refractivity contribution in [2.45, 2.75) is 97.3 Å². The van der Waals surface area contributed by atoms with Crippen LogP contribution in [0.2, 0.25) is 0 Å². The second-order valence-corrected chi connectivity index (χ2v) is 9.55. The third kappa shape index (κ3) is 8.31. The Morgan fingerprint density at radius 3 is 2.13 bits per heavy atom. The number of benzene rings is 1.